The van der Waals surface area contributed by atoms with Crippen LogP contribution in [0.4, 0.5) is 15.8 Å². The maximum atomic E-state index is 13.0. The van der Waals surface area contributed by atoms with Crippen LogP contribution in [0.15, 0.2) is 42.5 Å². The highest BCUT2D eigenvalue weighted by molar-refractivity contribution is 6.33. The number of carbonyl (C=O) groups excluding carboxylic acids is 2. The normalized spacial score (nSPS) is 10.0. The summed E-state index contributed by atoms with van der Waals surface area (Å²) in [6, 6.07) is 10.3. The summed E-state index contributed by atoms with van der Waals surface area (Å²) in [7, 11) is 1.26. The number of halogens is 2. The number of ether oxygens (including phenoxy) is 1. The molecule has 2 N–H and O–H groups in total. The summed E-state index contributed by atoms with van der Waals surface area (Å²) < 4.78 is 17.6. The van der Waals surface area contributed by atoms with Gasteiger partial charge >= 0.3 is 5.97 Å². The standard InChI is InChI=1S/C16H14ClFN2O3/c1-23-16(22)11-4-2-3-5-13(11)20-15(21)9-19-14-7-6-10(18)8-12(14)17/h2-8,19H,9H2,1H3,(H,20,21). The van der Waals surface area contributed by atoms with E-state index in [1.165, 1.54) is 19.2 Å². The Kier molecular flexibility index (Phi) is 5.54. The number of hydrogen-bond donors (Lipinski definition) is 2. The molecule has 120 valence electrons. The molecule has 5 nitrogen and oxygen atoms in total. The molecule has 7 heteroatoms. The van der Waals surface area contributed by atoms with Gasteiger partial charge in [0, 0.05) is 0 Å². The number of rotatable bonds is 5. The Balaban J connectivity index is 2.01. The van der Waals surface area contributed by atoms with Gasteiger partial charge in [-0.15, -0.1) is 0 Å². The third-order valence-corrected chi connectivity index (χ3v) is 3.29. The quantitative estimate of drug-likeness (QED) is 0.822. The van der Waals surface area contributed by atoms with Crippen LogP contribution in [0.5, 0.6) is 0 Å². The van der Waals surface area contributed by atoms with Crippen molar-refractivity contribution in [3.63, 3.8) is 0 Å². The van der Waals surface area contributed by atoms with Gasteiger partial charge in [0.05, 0.1) is 35.6 Å². The number of benzene rings is 2. The summed E-state index contributed by atoms with van der Waals surface area (Å²) in [6.07, 6.45) is 0. The van der Waals surface area contributed by atoms with Crippen molar-refractivity contribution >= 4 is 34.9 Å². The van der Waals surface area contributed by atoms with Crippen LogP contribution in [-0.4, -0.2) is 25.5 Å². The zero-order valence-electron chi connectivity index (χ0n) is 12.2. The first kappa shape index (κ1) is 16.8. The lowest BCUT2D eigenvalue weighted by atomic mass is 10.2. The number of amides is 1. The molecule has 0 heterocycles. The third-order valence-electron chi connectivity index (χ3n) is 2.98. The molecule has 23 heavy (non-hydrogen) atoms. The Morgan fingerprint density at radius 3 is 2.61 bits per heavy atom. The maximum absolute atomic E-state index is 13.0. The minimum Gasteiger partial charge on any atom is -0.465 e. The second-order valence-corrected chi connectivity index (χ2v) is 4.97. The summed E-state index contributed by atoms with van der Waals surface area (Å²) in [5.41, 5.74) is 1.03. The number of para-hydroxylation sites is 1. The van der Waals surface area contributed by atoms with Crippen LogP contribution in [0.3, 0.4) is 0 Å². The Morgan fingerprint density at radius 1 is 1.17 bits per heavy atom. The smallest absolute Gasteiger partial charge is 0.339 e. The molecular weight excluding hydrogens is 323 g/mol. The van der Waals surface area contributed by atoms with E-state index in [4.69, 9.17) is 11.6 Å². The van der Waals surface area contributed by atoms with E-state index in [1.807, 2.05) is 0 Å². The van der Waals surface area contributed by atoms with Gasteiger partial charge < -0.3 is 15.4 Å². The van der Waals surface area contributed by atoms with Crippen LogP contribution >= 0.6 is 11.6 Å². The summed E-state index contributed by atoms with van der Waals surface area (Å²) in [5, 5.41) is 5.58. The van der Waals surface area contributed by atoms with E-state index < -0.39 is 11.8 Å². The Morgan fingerprint density at radius 2 is 1.91 bits per heavy atom. The Labute approximate surface area is 137 Å². The van der Waals surface area contributed by atoms with E-state index in [2.05, 4.69) is 15.4 Å². The maximum Gasteiger partial charge on any atom is 0.339 e. The monoisotopic (exact) mass is 336 g/mol. The first-order valence-electron chi connectivity index (χ1n) is 6.67. The van der Waals surface area contributed by atoms with E-state index in [9.17, 15) is 14.0 Å². The van der Waals surface area contributed by atoms with Crippen molar-refractivity contribution in [1.82, 2.24) is 0 Å². The highest BCUT2D eigenvalue weighted by atomic mass is 35.5. The lowest BCUT2D eigenvalue weighted by molar-refractivity contribution is -0.114. The van der Waals surface area contributed by atoms with Gasteiger partial charge in [0.25, 0.3) is 0 Å². The number of carbonyl (C=O) groups is 2. The van der Waals surface area contributed by atoms with Gasteiger partial charge in [0.2, 0.25) is 5.91 Å². The third kappa shape index (κ3) is 4.43. The average Bonchev–Trinajstić information content (AvgIpc) is 2.54. The molecule has 0 bridgehead atoms. The molecule has 2 aromatic rings. The van der Waals surface area contributed by atoms with Crippen molar-refractivity contribution in [2.45, 2.75) is 0 Å². The first-order chi connectivity index (χ1) is 11.0. The molecule has 0 aliphatic rings. The van der Waals surface area contributed by atoms with Crippen molar-refractivity contribution < 1.29 is 18.7 Å². The molecule has 0 atom stereocenters. The second kappa shape index (κ2) is 7.60. The average molecular weight is 337 g/mol. The molecule has 0 radical (unpaired) electrons. The van der Waals surface area contributed by atoms with E-state index in [1.54, 1.807) is 24.3 Å². The molecule has 0 aliphatic carbocycles. The molecule has 0 aromatic heterocycles. The van der Waals surface area contributed by atoms with Crippen LogP contribution in [0.25, 0.3) is 0 Å². The zero-order valence-corrected chi connectivity index (χ0v) is 13.0. The van der Waals surface area contributed by atoms with E-state index in [-0.39, 0.29) is 23.0 Å². The highest BCUT2D eigenvalue weighted by Gasteiger charge is 2.13. The minimum atomic E-state index is -0.546. The number of anilines is 2. The number of hydrogen-bond acceptors (Lipinski definition) is 4. The molecular formula is C16H14ClFN2O3. The molecule has 0 saturated heterocycles. The summed E-state index contributed by atoms with van der Waals surface area (Å²) in [4.78, 5) is 23.6. The molecule has 0 saturated carbocycles. The second-order valence-electron chi connectivity index (χ2n) is 4.56. The van der Waals surface area contributed by atoms with Gasteiger partial charge in [-0.05, 0) is 30.3 Å². The van der Waals surface area contributed by atoms with E-state index in [0.717, 1.165) is 6.07 Å². The van der Waals surface area contributed by atoms with Crippen molar-refractivity contribution in [3.05, 3.63) is 58.9 Å². The lowest BCUT2D eigenvalue weighted by Gasteiger charge is -2.11. The van der Waals surface area contributed by atoms with E-state index in [0.29, 0.717) is 11.4 Å². The molecule has 0 spiro atoms. The van der Waals surface area contributed by atoms with Crippen molar-refractivity contribution in [2.24, 2.45) is 0 Å². The van der Waals surface area contributed by atoms with Crippen LogP contribution in [0.2, 0.25) is 5.02 Å². The zero-order chi connectivity index (χ0) is 16.8. The summed E-state index contributed by atoms with van der Waals surface area (Å²) in [5.74, 6) is -1.39. The van der Waals surface area contributed by atoms with Gasteiger partial charge in [0.15, 0.2) is 0 Å². The van der Waals surface area contributed by atoms with Crippen LogP contribution in [0, 0.1) is 5.82 Å². The predicted molar refractivity (Wildman–Crippen MR) is 86.3 cm³/mol. The topological polar surface area (TPSA) is 67.4 Å². The predicted octanol–water partition coefficient (Wildman–Crippen LogP) is 3.32. The molecule has 0 unspecified atom stereocenters. The van der Waals surface area contributed by atoms with Gasteiger partial charge in [-0.2, -0.15) is 0 Å². The van der Waals surface area contributed by atoms with Gasteiger partial charge in [-0.3, -0.25) is 4.79 Å². The van der Waals surface area contributed by atoms with Crippen LogP contribution in [0.1, 0.15) is 10.4 Å². The number of esters is 1. The highest BCUT2D eigenvalue weighted by Crippen LogP contribution is 2.22. The molecule has 0 fully saturated rings. The van der Waals surface area contributed by atoms with Gasteiger partial charge in [-0.1, -0.05) is 23.7 Å². The fourth-order valence-corrected chi connectivity index (χ4v) is 2.12. The molecule has 2 rings (SSSR count). The molecule has 1 amide bonds. The first-order valence-corrected chi connectivity index (χ1v) is 7.05. The molecule has 0 aliphatic heterocycles. The van der Waals surface area contributed by atoms with Gasteiger partial charge in [0.1, 0.15) is 5.82 Å². The van der Waals surface area contributed by atoms with Crippen molar-refractivity contribution in [3.8, 4) is 0 Å². The largest absolute Gasteiger partial charge is 0.465 e. The fraction of sp³-hybridized carbons (Fsp3) is 0.125. The molecule has 2 aromatic carbocycles. The van der Waals surface area contributed by atoms with Crippen LogP contribution in [-0.2, 0) is 9.53 Å². The SMILES string of the molecule is COC(=O)c1ccccc1NC(=O)CNc1ccc(F)cc1Cl. The van der Waals surface area contributed by atoms with E-state index >= 15 is 0 Å². The van der Waals surface area contributed by atoms with Crippen molar-refractivity contribution in [2.75, 3.05) is 24.3 Å². The Hall–Kier alpha value is -2.60. The Bertz CT molecular complexity index is 737. The summed E-state index contributed by atoms with van der Waals surface area (Å²) >= 11 is 5.86. The number of methoxy groups -OCH3 is 1. The minimum absolute atomic E-state index is 0.0964. The number of nitrogens with one attached hydrogen (secondary N) is 2. The summed E-state index contributed by atoms with van der Waals surface area (Å²) in [6.45, 7) is -0.0964. The lowest BCUT2D eigenvalue weighted by Crippen LogP contribution is -2.23. The van der Waals surface area contributed by atoms with Gasteiger partial charge in [-0.25, -0.2) is 9.18 Å². The fourth-order valence-electron chi connectivity index (χ4n) is 1.88. The van der Waals surface area contributed by atoms with Crippen LogP contribution < -0.4 is 10.6 Å². The van der Waals surface area contributed by atoms with Crippen molar-refractivity contribution in [1.29, 1.82) is 0 Å².